The van der Waals surface area contributed by atoms with Crippen LogP contribution in [0, 0.1) is 12.7 Å². The summed E-state index contributed by atoms with van der Waals surface area (Å²) >= 11 is 1.65. The Balaban J connectivity index is 2.37. The fourth-order valence-electron chi connectivity index (χ4n) is 1.70. The van der Waals surface area contributed by atoms with Gasteiger partial charge in [0.2, 0.25) is 0 Å². The van der Waals surface area contributed by atoms with Crippen LogP contribution in [0.3, 0.4) is 0 Å². The maximum absolute atomic E-state index is 13.3. The molecule has 0 unspecified atom stereocenters. The Morgan fingerprint density at radius 2 is 1.89 bits per heavy atom. The predicted octanol–water partition coefficient (Wildman–Crippen LogP) is 4.18. The van der Waals surface area contributed by atoms with E-state index in [0.717, 1.165) is 16.3 Å². The first-order chi connectivity index (χ1) is 8.61. The second-order valence-electron chi connectivity index (χ2n) is 4.01. The lowest BCUT2D eigenvalue weighted by Crippen LogP contribution is -1.99. The van der Waals surface area contributed by atoms with Crippen molar-refractivity contribution in [3.8, 4) is 0 Å². The summed E-state index contributed by atoms with van der Waals surface area (Å²) in [6.45, 7) is 1.72. The third-order valence-electron chi connectivity index (χ3n) is 2.71. The summed E-state index contributed by atoms with van der Waals surface area (Å²) in [6.07, 6.45) is 2.01. The highest BCUT2D eigenvalue weighted by atomic mass is 32.2. The Morgan fingerprint density at radius 1 is 1.17 bits per heavy atom. The molecule has 2 nitrogen and oxygen atoms in total. The highest BCUT2D eigenvalue weighted by Crippen LogP contribution is 2.31. The molecule has 2 rings (SSSR count). The number of benzene rings is 2. The zero-order valence-corrected chi connectivity index (χ0v) is 11.1. The first-order valence-electron chi connectivity index (χ1n) is 5.57. The molecule has 0 aromatic heterocycles. The molecule has 18 heavy (non-hydrogen) atoms. The normalized spacial score (nSPS) is 10.4. The van der Waals surface area contributed by atoms with Gasteiger partial charge in [-0.1, -0.05) is 12.1 Å². The van der Waals surface area contributed by atoms with Crippen LogP contribution in [0.2, 0.25) is 0 Å². The van der Waals surface area contributed by atoms with E-state index >= 15 is 0 Å². The molecule has 94 valence electrons. The number of halogens is 1. The van der Waals surface area contributed by atoms with Crippen LogP contribution in [0.15, 0.2) is 41.3 Å². The van der Waals surface area contributed by atoms with Crippen LogP contribution in [-0.4, -0.2) is 6.26 Å². The van der Waals surface area contributed by atoms with Crippen molar-refractivity contribution in [3.05, 3.63) is 47.8 Å². The van der Waals surface area contributed by atoms with Gasteiger partial charge in [-0.05, 0) is 43.0 Å². The quantitative estimate of drug-likeness (QED) is 0.643. The molecule has 0 aliphatic heterocycles. The average Bonchev–Trinajstić information content (AvgIpc) is 2.36. The van der Waals surface area contributed by atoms with Crippen molar-refractivity contribution >= 4 is 28.8 Å². The number of nitrogens with one attached hydrogen (secondary N) is 1. The number of nitrogen functional groups attached to an aromatic ring is 1. The molecule has 0 bridgehead atoms. The zero-order chi connectivity index (χ0) is 13.1. The average molecular weight is 262 g/mol. The molecular weight excluding hydrogens is 247 g/mol. The maximum Gasteiger partial charge on any atom is 0.128 e. The minimum atomic E-state index is -0.281. The number of aryl methyl sites for hydroxylation is 1. The van der Waals surface area contributed by atoms with Gasteiger partial charge in [-0.25, -0.2) is 4.39 Å². The van der Waals surface area contributed by atoms with Crippen molar-refractivity contribution in [2.24, 2.45) is 0 Å². The second-order valence-corrected chi connectivity index (χ2v) is 4.86. The minimum Gasteiger partial charge on any atom is -0.397 e. The first-order valence-corrected chi connectivity index (χ1v) is 6.80. The Labute approximate surface area is 110 Å². The summed E-state index contributed by atoms with van der Waals surface area (Å²) in [4.78, 5) is 1.12. The number of anilines is 3. The van der Waals surface area contributed by atoms with E-state index in [0.29, 0.717) is 11.3 Å². The Morgan fingerprint density at radius 3 is 2.61 bits per heavy atom. The van der Waals surface area contributed by atoms with E-state index < -0.39 is 0 Å². The third kappa shape index (κ3) is 2.59. The van der Waals surface area contributed by atoms with Crippen molar-refractivity contribution in [1.82, 2.24) is 0 Å². The van der Waals surface area contributed by atoms with Crippen LogP contribution >= 0.6 is 11.8 Å². The summed E-state index contributed by atoms with van der Waals surface area (Å²) < 4.78 is 13.3. The van der Waals surface area contributed by atoms with Gasteiger partial charge < -0.3 is 11.1 Å². The van der Waals surface area contributed by atoms with E-state index in [1.165, 1.54) is 6.07 Å². The van der Waals surface area contributed by atoms with E-state index in [9.17, 15) is 4.39 Å². The topological polar surface area (TPSA) is 38.0 Å². The molecule has 4 heteroatoms. The number of thioether (sulfide) groups is 1. The summed E-state index contributed by atoms with van der Waals surface area (Å²) in [6, 6.07) is 11.0. The van der Waals surface area contributed by atoms with Crippen LogP contribution in [0.1, 0.15) is 5.56 Å². The minimum absolute atomic E-state index is 0.281. The fraction of sp³-hybridized carbons (Fsp3) is 0.143. The number of para-hydroxylation sites is 1. The van der Waals surface area contributed by atoms with Crippen molar-refractivity contribution in [2.45, 2.75) is 11.8 Å². The standard InChI is InChI=1S/C14H15FN2S/c1-9-7-13(11(16)8-10(9)15)17-12-5-3-4-6-14(12)18-2/h3-8,17H,16H2,1-2H3. The highest BCUT2D eigenvalue weighted by molar-refractivity contribution is 7.98. The van der Waals surface area contributed by atoms with E-state index in [1.807, 2.05) is 30.5 Å². The van der Waals surface area contributed by atoms with Crippen LogP contribution in [0.4, 0.5) is 21.5 Å². The SMILES string of the molecule is CSc1ccccc1Nc1cc(C)c(F)cc1N. The van der Waals surface area contributed by atoms with Crippen molar-refractivity contribution < 1.29 is 4.39 Å². The maximum atomic E-state index is 13.3. The van der Waals surface area contributed by atoms with Gasteiger partial charge in [0.15, 0.2) is 0 Å². The number of nitrogens with two attached hydrogens (primary N) is 1. The fourth-order valence-corrected chi connectivity index (χ4v) is 2.25. The molecule has 0 fully saturated rings. The molecule has 0 aliphatic carbocycles. The van der Waals surface area contributed by atoms with Crippen molar-refractivity contribution in [3.63, 3.8) is 0 Å². The van der Waals surface area contributed by atoms with Crippen molar-refractivity contribution in [1.29, 1.82) is 0 Å². The molecule has 0 saturated heterocycles. The van der Waals surface area contributed by atoms with Gasteiger partial charge in [0, 0.05) is 4.90 Å². The predicted molar refractivity (Wildman–Crippen MR) is 77.1 cm³/mol. The lowest BCUT2D eigenvalue weighted by atomic mass is 10.1. The molecular formula is C14H15FN2S. The first kappa shape index (κ1) is 12.8. The van der Waals surface area contributed by atoms with Gasteiger partial charge >= 0.3 is 0 Å². The van der Waals surface area contributed by atoms with E-state index in [1.54, 1.807) is 24.8 Å². The summed E-state index contributed by atoms with van der Waals surface area (Å²) in [7, 11) is 0. The molecule has 2 aromatic carbocycles. The van der Waals surface area contributed by atoms with Gasteiger partial charge in [-0.3, -0.25) is 0 Å². The van der Waals surface area contributed by atoms with Gasteiger partial charge in [-0.15, -0.1) is 11.8 Å². The van der Waals surface area contributed by atoms with Gasteiger partial charge in [0.25, 0.3) is 0 Å². The number of hydrogen-bond acceptors (Lipinski definition) is 3. The van der Waals surface area contributed by atoms with E-state index in [2.05, 4.69) is 5.32 Å². The Kier molecular flexibility index (Phi) is 3.77. The van der Waals surface area contributed by atoms with E-state index in [4.69, 9.17) is 5.73 Å². The highest BCUT2D eigenvalue weighted by Gasteiger charge is 2.07. The summed E-state index contributed by atoms with van der Waals surface area (Å²) in [5, 5.41) is 3.25. The lowest BCUT2D eigenvalue weighted by molar-refractivity contribution is 0.619. The Hall–Kier alpha value is -1.68. The Bertz CT molecular complexity index is 570. The van der Waals surface area contributed by atoms with Gasteiger partial charge in [0.05, 0.1) is 17.1 Å². The number of rotatable bonds is 3. The lowest BCUT2D eigenvalue weighted by Gasteiger charge is -2.13. The van der Waals surface area contributed by atoms with Gasteiger partial charge in [-0.2, -0.15) is 0 Å². The molecule has 0 spiro atoms. The zero-order valence-electron chi connectivity index (χ0n) is 10.3. The van der Waals surface area contributed by atoms with Crippen molar-refractivity contribution in [2.75, 3.05) is 17.3 Å². The monoisotopic (exact) mass is 262 g/mol. The van der Waals surface area contributed by atoms with Crippen LogP contribution in [-0.2, 0) is 0 Å². The molecule has 0 radical (unpaired) electrons. The molecule has 0 saturated carbocycles. The molecule has 0 atom stereocenters. The molecule has 0 amide bonds. The van der Waals surface area contributed by atoms with Crippen LogP contribution < -0.4 is 11.1 Å². The third-order valence-corrected chi connectivity index (χ3v) is 3.50. The van der Waals surface area contributed by atoms with E-state index in [-0.39, 0.29) is 5.82 Å². The van der Waals surface area contributed by atoms with Gasteiger partial charge in [0.1, 0.15) is 5.82 Å². The molecule has 0 heterocycles. The summed E-state index contributed by atoms with van der Waals surface area (Å²) in [5.41, 5.74) is 8.52. The smallest absolute Gasteiger partial charge is 0.128 e. The second kappa shape index (κ2) is 5.31. The molecule has 0 aliphatic rings. The summed E-state index contributed by atoms with van der Waals surface area (Å²) in [5.74, 6) is -0.281. The number of hydrogen-bond donors (Lipinski definition) is 2. The van der Waals surface area contributed by atoms with Crippen LogP contribution in [0.5, 0.6) is 0 Å². The molecule has 2 aromatic rings. The molecule has 3 N–H and O–H groups in total. The van der Waals surface area contributed by atoms with Crippen LogP contribution in [0.25, 0.3) is 0 Å². The largest absolute Gasteiger partial charge is 0.397 e.